The average molecular weight is 294 g/mol. The average Bonchev–Trinajstić information content (AvgIpc) is 2.79. The third-order valence-corrected chi connectivity index (χ3v) is 4.09. The van der Waals surface area contributed by atoms with Crippen molar-refractivity contribution in [1.29, 1.82) is 0 Å². The van der Waals surface area contributed by atoms with E-state index in [4.69, 9.17) is 9.15 Å². The minimum absolute atomic E-state index is 0.454. The predicted octanol–water partition coefficient (Wildman–Crippen LogP) is 3.09. The molecule has 0 aliphatic carbocycles. The Morgan fingerprint density at radius 3 is 2.71 bits per heavy atom. The zero-order chi connectivity index (χ0) is 15.2. The first-order chi connectivity index (χ1) is 10.1. The van der Waals surface area contributed by atoms with Gasteiger partial charge in [0.15, 0.2) is 0 Å². The highest BCUT2D eigenvalue weighted by Crippen LogP contribution is 2.20. The van der Waals surface area contributed by atoms with Gasteiger partial charge in [0.1, 0.15) is 11.5 Å². The molecule has 1 fully saturated rings. The molecule has 120 valence electrons. The normalized spacial score (nSPS) is 17.8. The largest absolute Gasteiger partial charge is 0.465 e. The fourth-order valence-electron chi connectivity index (χ4n) is 2.85. The van der Waals surface area contributed by atoms with E-state index in [1.165, 1.54) is 5.56 Å². The monoisotopic (exact) mass is 294 g/mol. The van der Waals surface area contributed by atoms with Gasteiger partial charge in [0.2, 0.25) is 0 Å². The Labute approximate surface area is 128 Å². The molecular formula is C17H30N2O2. The lowest BCUT2D eigenvalue weighted by Crippen LogP contribution is -2.36. The molecule has 0 saturated carbocycles. The fraction of sp³-hybridized carbons (Fsp3) is 0.765. The fourth-order valence-corrected chi connectivity index (χ4v) is 2.85. The van der Waals surface area contributed by atoms with Gasteiger partial charge in [-0.3, -0.25) is 4.90 Å². The third-order valence-electron chi connectivity index (χ3n) is 4.09. The Hall–Kier alpha value is -0.840. The molecule has 0 aromatic carbocycles. The van der Waals surface area contributed by atoms with E-state index >= 15 is 0 Å². The van der Waals surface area contributed by atoms with Crippen LogP contribution in [0, 0.1) is 6.92 Å². The number of nitrogens with zero attached hydrogens (tertiary/aromatic N) is 1. The van der Waals surface area contributed by atoms with E-state index < -0.39 is 0 Å². The van der Waals surface area contributed by atoms with Gasteiger partial charge in [0, 0.05) is 37.8 Å². The summed E-state index contributed by atoms with van der Waals surface area (Å²) in [7, 11) is 0. The summed E-state index contributed by atoms with van der Waals surface area (Å²) in [6.07, 6.45) is 2.72. The number of rotatable bonds is 7. The summed E-state index contributed by atoms with van der Waals surface area (Å²) in [6.45, 7) is 13.3. The van der Waals surface area contributed by atoms with Crippen LogP contribution < -0.4 is 5.32 Å². The smallest absolute Gasteiger partial charge is 0.118 e. The molecule has 1 saturated heterocycles. The van der Waals surface area contributed by atoms with Crippen molar-refractivity contribution in [3.8, 4) is 0 Å². The number of hydrogen-bond acceptors (Lipinski definition) is 4. The summed E-state index contributed by atoms with van der Waals surface area (Å²) >= 11 is 0. The molecule has 0 radical (unpaired) electrons. The van der Waals surface area contributed by atoms with E-state index in [0.717, 1.165) is 57.1 Å². The van der Waals surface area contributed by atoms with Crippen LogP contribution in [-0.2, 0) is 17.8 Å². The van der Waals surface area contributed by atoms with E-state index in [-0.39, 0.29) is 0 Å². The van der Waals surface area contributed by atoms with Crippen LogP contribution in [-0.4, -0.2) is 36.7 Å². The van der Waals surface area contributed by atoms with Gasteiger partial charge in [-0.05, 0) is 32.8 Å². The first-order valence-corrected chi connectivity index (χ1v) is 8.24. The van der Waals surface area contributed by atoms with Gasteiger partial charge in [-0.25, -0.2) is 0 Å². The second kappa shape index (κ2) is 7.97. The van der Waals surface area contributed by atoms with Crippen molar-refractivity contribution < 1.29 is 9.15 Å². The van der Waals surface area contributed by atoms with Crippen molar-refractivity contribution in [2.45, 2.75) is 65.8 Å². The molecule has 1 aliphatic rings. The van der Waals surface area contributed by atoms with Crippen LogP contribution in [0.3, 0.4) is 0 Å². The Balaban J connectivity index is 1.82. The van der Waals surface area contributed by atoms with Crippen molar-refractivity contribution in [2.24, 2.45) is 0 Å². The number of ether oxygens (including phenoxy) is 1. The number of furan rings is 1. The highest BCUT2D eigenvalue weighted by molar-refractivity contribution is 5.20. The molecule has 2 heterocycles. The van der Waals surface area contributed by atoms with Crippen LogP contribution >= 0.6 is 0 Å². The second-order valence-electron chi connectivity index (χ2n) is 6.26. The predicted molar refractivity (Wildman–Crippen MR) is 85.3 cm³/mol. The molecule has 0 amide bonds. The van der Waals surface area contributed by atoms with Crippen molar-refractivity contribution in [2.75, 3.05) is 19.7 Å². The van der Waals surface area contributed by atoms with Crippen molar-refractivity contribution in [3.63, 3.8) is 0 Å². The summed E-state index contributed by atoms with van der Waals surface area (Å²) in [5, 5.41) is 3.45. The van der Waals surface area contributed by atoms with Crippen LogP contribution in [0.1, 0.15) is 50.7 Å². The Bertz CT molecular complexity index is 420. The summed E-state index contributed by atoms with van der Waals surface area (Å²) < 4.78 is 11.6. The van der Waals surface area contributed by atoms with Gasteiger partial charge in [0.25, 0.3) is 0 Å². The van der Waals surface area contributed by atoms with Crippen LogP contribution in [0.5, 0.6) is 0 Å². The molecule has 1 aliphatic heterocycles. The lowest BCUT2D eigenvalue weighted by Gasteiger charge is -2.31. The van der Waals surface area contributed by atoms with Crippen LogP contribution in [0.4, 0.5) is 0 Å². The molecular weight excluding hydrogens is 264 g/mol. The van der Waals surface area contributed by atoms with Crippen molar-refractivity contribution in [1.82, 2.24) is 10.2 Å². The molecule has 2 rings (SSSR count). The minimum Gasteiger partial charge on any atom is -0.465 e. The molecule has 0 spiro atoms. The second-order valence-corrected chi connectivity index (χ2v) is 6.26. The summed E-state index contributed by atoms with van der Waals surface area (Å²) in [6, 6.07) is 2.71. The Morgan fingerprint density at radius 1 is 1.38 bits per heavy atom. The molecule has 0 atom stereocenters. The highest BCUT2D eigenvalue weighted by atomic mass is 16.5. The molecule has 1 N–H and O–H groups in total. The topological polar surface area (TPSA) is 37.6 Å². The lowest BCUT2D eigenvalue weighted by atomic mass is 10.1. The minimum atomic E-state index is 0.454. The summed E-state index contributed by atoms with van der Waals surface area (Å²) in [4.78, 5) is 2.47. The maximum atomic E-state index is 5.91. The number of hydrogen-bond donors (Lipinski definition) is 1. The van der Waals surface area contributed by atoms with E-state index in [2.05, 4.69) is 44.0 Å². The van der Waals surface area contributed by atoms with Gasteiger partial charge in [-0.2, -0.15) is 0 Å². The van der Waals surface area contributed by atoms with E-state index in [0.29, 0.717) is 12.1 Å². The number of piperidine rings is 1. The van der Waals surface area contributed by atoms with Crippen LogP contribution in [0.2, 0.25) is 0 Å². The Kier molecular flexibility index (Phi) is 6.27. The van der Waals surface area contributed by atoms with Gasteiger partial charge in [-0.15, -0.1) is 0 Å². The number of likely N-dealkylation sites (tertiary alicyclic amines) is 1. The lowest BCUT2D eigenvalue weighted by molar-refractivity contribution is 0.0112. The highest BCUT2D eigenvalue weighted by Gasteiger charge is 2.20. The van der Waals surface area contributed by atoms with Gasteiger partial charge < -0.3 is 14.5 Å². The zero-order valence-electron chi connectivity index (χ0n) is 13.9. The van der Waals surface area contributed by atoms with Gasteiger partial charge >= 0.3 is 0 Å². The number of nitrogens with one attached hydrogen (secondary N) is 1. The molecule has 1 aromatic rings. The first-order valence-electron chi connectivity index (χ1n) is 8.24. The van der Waals surface area contributed by atoms with Crippen molar-refractivity contribution >= 4 is 0 Å². The maximum absolute atomic E-state index is 5.91. The summed E-state index contributed by atoms with van der Waals surface area (Å²) in [5.74, 6) is 2.13. The maximum Gasteiger partial charge on any atom is 0.118 e. The van der Waals surface area contributed by atoms with Gasteiger partial charge in [-0.1, -0.05) is 13.8 Å². The van der Waals surface area contributed by atoms with E-state index in [1.54, 1.807) is 0 Å². The molecule has 1 aromatic heterocycles. The van der Waals surface area contributed by atoms with Gasteiger partial charge in [0.05, 0.1) is 12.6 Å². The molecule has 0 bridgehead atoms. The molecule has 4 heteroatoms. The standard InChI is InChI=1S/C17H30N2O2/c1-5-20-16-6-8-19(9-7-16)12-17-10-15(14(4)21-17)11-18-13(2)3/h10,13,16,18H,5-9,11-12H2,1-4H3. The van der Waals surface area contributed by atoms with Crippen molar-refractivity contribution in [3.05, 3.63) is 23.2 Å². The molecule has 21 heavy (non-hydrogen) atoms. The Morgan fingerprint density at radius 2 is 2.10 bits per heavy atom. The first kappa shape index (κ1) is 16.5. The molecule has 0 unspecified atom stereocenters. The van der Waals surface area contributed by atoms with E-state index in [1.807, 2.05) is 0 Å². The third kappa shape index (κ3) is 5.13. The van der Waals surface area contributed by atoms with Crippen LogP contribution in [0.15, 0.2) is 10.5 Å². The summed E-state index contributed by atoms with van der Waals surface area (Å²) in [5.41, 5.74) is 1.28. The SMILES string of the molecule is CCOC1CCN(Cc2cc(CNC(C)C)c(C)o2)CC1. The molecule has 4 nitrogen and oxygen atoms in total. The van der Waals surface area contributed by atoms with E-state index in [9.17, 15) is 0 Å². The quantitative estimate of drug-likeness (QED) is 0.838. The zero-order valence-corrected chi connectivity index (χ0v) is 13.9. The van der Waals surface area contributed by atoms with Crippen LogP contribution in [0.25, 0.3) is 0 Å². The number of aryl methyl sites for hydroxylation is 1.